The van der Waals surface area contributed by atoms with E-state index in [1.54, 1.807) is 11.0 Å². The van der Waals surface area contributed by atoms with Crippen LogP contribution in [0.5, 0.6) is 5.75 Å². The molecule has 176 valence electrons. The Hall–Kier alpha value is -1.69. The van der Waals surface area contributed by atoms with Crippen LogP contribution in [0.25, 0.3) is 0 Å². The van der Waals surface area contributed by atoms with Gasteiger partial charge in [0.25, 0.3) is 0 Å². The Kier molecular flexibility index (Phi) is 9.33. The first-order valence-electron chi connectivity index (χ1n) is 10.9. The lowest BCUT2D eigenvalue weighted by molar-refractivity contribution is -0.145. The van der Waals surface area contributed by atoms with Gasteiger partial charge in [0.15, 0.2) is 0 Å². The van der Waals surface area contributed by atoms with E-state index in [2.05, 4.69) is 27.9 Å². The summed E-state index contributed by atoms with van der Waals surface area (Å²) in [5.74, 6) is 0.0613. The molecule has 0 saturated heterocycles. The molecule has 1 aromatic carbocycles. The van der Waals surface area contributed by atoms with Crippen molar-refractivity contribution < 1.29 is 29.3 Å². The summed E-state index contributed by atoms with van der Waals surface area (Å²) in [5.41, 5.74) is 0.429. The van der Waals surface area contributed by atoms with Crippen molar-refractivity contribution in [3.63, 3.8) is 0 Å². The number of amides is 2. The number of halogens is 1. The number of ether oxygens (including phenoxy) is 2. The van der Waals surface area contributed by atoms with Gasteiger partial charge in [0, 0.05) is 31.7 Å². The normalized spacial score (nSPS) is 23.5. The maximum Gasteiger partial charge on any atom is 0.249 e. The number of carbonyl (C=O) groups is 2. The van der Waals surface area contributed by atoms with Crippen LogP contribution in [0.15, 0.2) is 35.9 Å². The van der Waals surface area contributed by atoms with Crippen molar-refractivity contribution in [2.24, 2.45) is 0 Å². The van der Waals surface area contributed by atoms with E-state index in [9.17, 15) is 14.7 Å². The van der Waals surface area contributed by atoms with Crippen LogP contribution in [0.2, 0.25) is 0 Å². The first kappa shape index (κ1) is 24.9. The van der Waals surface area contributed by atoms with E-state index in [0.29, 0.717) is 11.3 Å². The second kappa shape index (κ2) is 12.0. The number of hydrogen-bond donors (Lipinski definition) is 3. The Morgan fingerprint density at radius 1 is 1.25 bits per heavy atom. The Balaban J connectivity index is 1.93. The molecule has 0 radical (unpaired) electrons. The lowest BCUT2D eigenvalue weighted by atomic mass is 9.87. The number of aliphatic hydroxyl groups is 2. The van der Waals surface area contributed by atoms with Crippen molar-refractivity contribution in [2.45, 2.75) is 56.4 Å². The Bertz CT molecular complexity index is 826. The number of methoxy groups -OCH3 is 1. The molecule has 0 bridgehead atoms. The largest absolute Gasteiger partial charge is 0.482 e. The molecular weight excluding hydrogens is 527 g/mol. The van der Waals surface area contributed by atoms with Crippen LogP contribution in [-0.2, 0) is 14.3 Å². The molecule has 0 aliphatic heterocycles. The number of aliphatic hydroxyl groups excluding tert-OH is 2. The fourth-order valence-corrected chi connectivity index (χ4v) is 4.99. The summed E-state index contributed by atoms with van der Waals surface area (Å²) in [4.78, 5) is 27.5. The van der Waals surface area contributed by atoms with Gasteiger partial charge in [0.1, 0.15) is 24.6 Å². The van der Waals surface area contributed by atoms with E-state index in [1.807, 2.05) is 24.3 Å². The molecule has 2 amide bonds. The monoisotopic (exact) mass is 558 g/mol. The van der Waals surface area contributed by atoms with E-state index in [4.69, 9.17) is 14.6 Å². The Morgan fingerprint density at radius 3 is 2.62 bits per heavy atom. The lowest BCUT2D eigenvalue weighted by Gasteiger charge is -2.43. The molecule has 1 aromatic rings. The van der Waals surface area contributed by atoms with Crippen molar-refractivity contribution in [1.82, 2.24) is 10.2 Å². The molecule has 2 aliphatic rings. The summed E-state index contributed by atoms with van der Waals surface area (Å²) in [7, 11) is 1.47. The van der Waals surface area contributed by atoms with Crippen LogP contribution in [0.3, 0.4) is 0 Å². The predicted octanol–water partition coefficient (Wildman–Crippen LogP) is 1.62. The zero-order chi connectivity index (χ0) is 23.1. The first-order valence-corrected chi connectivity index (χ1v) is 12.0. The summed E-state index contributed by atoms with van der Waals surface area (Å²) in [6.45, 7) is -0.133. The quantitative estimate of drug-likeness (QED) is 0.398. The average Bonchev–Trinajstić information content (AvgIpc) is 3.30. The zero-order valence-corrected chi connectivity index (χ0v) is 20.4. The summed E-state index contributed by atoms with van der Waals surface area (Å²) in [5, 5.41) is 23.1. The van der Waals surface area contributed by atoms with Gasteiger partial charge in [0.2, 0.25) is 11.8 Å². The van der Waals surface area contributed by atoms with E-state index in [0.717, 1.165) is 29.3 Å². The maximum absolute atomic E-state index is 13.0. The summed E-state index contributed by atoms with van der Waals surface area (Å²) in [6.07, 6.45) is 3.77. The standard InChI is InChI=1S/C23H31IN2O6/c1-31-14-21(28)26(16-6-2-3-7-16)18-12-15(23(30)25-10-11-27)13-20(22(18)29)32-19-9-5-4-8-17(19)24/h4-5,8-9,13,16,18,20,22,27,29H,2-3,6-7,10-12,14H2,1H3,(H,25,30)/t18-,20+,22+/m1/s1. The van der Waals surface area contributed by atoms with E-state index < -0.39 is 18.2 Å². The molecule has 1 fully saturated rings. The molecule has 3 N–H and O–H groups in total. The highest BCUT2D eigenvalue weighted by atomic mass is 127. The molecule has 9 heteroatoms. The maximum atomic E-state index is 13.0. The van der Waals surface area contributed by atoms with Gasteiger partial charge in [0.05, 0.1) is 16.2 Å². The highest BCUT2D eigenvalue weighted by Gasteiger charge is 2.43. The Morgan fingerprint density at radius 2 is 1.97 bits per heavy atom. The molecule has 0 heterocycles. The Labute approximate surface area is 202 Å². The summed E-state index contributed by atoms with van der Waals surface area (Å²) >= 11 is 2.16. The van der Waals surface area contributed by atoms with Gasteiger partial charge in [-0.1, -0.05) is 25.0 Å². The molecule has 2 aliphatic carbocycles. The van der Waals surface area contributed by atoms with Gasteiger partial charge in [-0.3, -0.25) is 9.59 Å². The number of carbonyl (C=O) groups excluding carboxylic acids is 2. The second-order valence-electron chi connectivity index (χ2n) is 8.12. The van der Waals surface area contributed by atoms with Gasteiger partial charge in [-0.2, -0.15) is 0 Å². The van der Waals surface area contributed by atoms with Crippen molar-refractivity contribution in [1.29, 1.82) is 0 Å². The number of hydrogen-bond acceptors (Lipinski definition) is 6. The van der Waals surface area contributed by atoms with Crippen molar-refractivity contribution >= 4 is 34.4 Å². The molecule has 3 rings (SSSR count). The van der Waals surface area contributed by atoms with Crippen LogP contribution in [0.1, 0.15) is 32.1 Å². The molecule has 0 spiro atoms. The third-order valence-corrected chi connectivity index (χ3v) is 6.84. The van der Waals surface area contributed by atoms with Crippen LogP contribution < -0.4 is 10.1 Å². The molecular formula is C23H31IN2O6. The topological polar surface area (TPSA) is 108 Å². The highest BCUT2D eigenvalue weighted by Crippen LogP contribution is 2.33. The SMILES string of the molecule is COCC(=O)N(C1CCCC1)[C@@H]1CC(C(=O)NCCO)=C[C@H](Oc2ccccc2I)[C@H]1O. The number of benzene rings is 1. The predicted molar refractivity (Wildman–Crippen MR) is 127 cm³/mol. The van der Waals surface area contributed by atoms with Crippen LogP contribution in [0, 0.1) is 3.57 Å². The third-order valence-electron chi connectivity index (χ3n) is 5.95. The fraction of sp³-hybridized carbons (Fsp3) is 0.565. The average molecular weight is 558 g/mol. The van der Waals surface area contributed by atoms with Gasteiger partial charge in [-0.25, -0.2) is 0 Å². The van der Waals surface area contributed by atoms with Gasteiger partial charge >= 0.3 is 0 Å². The summed E-state index contributed by atoms with van der Waals surface area (Å²) < 4.78 is 12.1. The first-order chi connectivity index (χ1) is 15.5. The minimum atomic E-state index is -1.01. The van der Waals surface area contributed by atoms with Crippen molar-refractivity contribution in [2.75, 3.05) is 26.9 Å². The number of nitrogens with zero attached hydrogens (tertiary/aromatic N) is 1. The summed E-state index contributed by atoms with van der Waals surface area (Å²) in [6, 6.07) is 6.82. The van der Waals surface area contributed by atoms with Crippen LogP contribution in [0.4, 0.5) is 0 Å². The van der Waals surface area contributed by atoms with Crippen molar-refractivity contribution in [3.8, 4) is 5.75 Å². The smallest absolute Gasteiger partial charge is 0.249 e. The molecule has 0 aromatic heterocycles. The van der Waals surface area contributed by atoms with Crippen LogP contribution >= 0.6 is 22.6 Å². The molecule has 1 saturated carbocycles. The van der Waals surface area contributed by atoms with E-state index in [1.165, 1.54) is 7.11 Å². The lowest BCUT2D eigenvalue weighted by Crippen LogP contribution is -2.58. The minimum Gasteiger partial charge on any atom is -0.482 e. The number of para-hydroxylation sites is 1. The highest BCUT2D eigenvalue weighted by molar-refractivity contribution is 14.1. The van der Waals surface area contributed by atoms with Crippen molar-refractivity contribution in [3.05, 3.63) is 39.5 Å². The number of rotatable bonds is 9. The molecule has 3 atom stereocenters. The molecule has 0 unspecified atom stereocenters. The van der Waals surface area contributed by atoms with E-state index in [-0.39, 0.29) is 44.0 Å². The second-order valence-corrected chi connectivity index (χ2v) is 9.28. The zero-order valence-electron chi connectivity index (χ0n) is 18.2. The van der Waals surface area contributed by atoms with Crippen LogP contribution in [-0.4, -0.2) is 78.1 Å². The number of nitrogens with one attached hydrogen (secondary N) is 1. The minimum absolute atomic E-state index is 0.00494. The van der Waals surface area contributed by atoms with Gasteiger partial charge < -0.3 is 29.9 Å². The van der Waals surface area contributed by atoms with E-state index >= 15 is 0 Å². The van der Waals surface area contributed by atoms with Gasteiger partial charge in [-0.15, -0.1) is 0 Å². The van der Waals surface area contributed by atoms with Gasteiger partial charge in [-0.05, 0) is 53.6 Å². The third kappa shape index (κ3) is 6.00. The molecule has 8 nitrogen and oxygen atoms in total. The molecule has 32 heavy (non-hydrogen) atoms. The fourth-order valence-electron chi connectivity index (χ4n) is 4.47.